The van der Waals surface area contributed by atoms with E-state index < -0.39 is 0 Å². The zero-order valence-electron chi connectivity index (χ0n) is 17.1. The molecule has 2 aromatic rings. The van der Waals surface area contributed by atoms with E-state index in [1.165, 1.54) is 4.90 Å². The average Bonchev–Trinajstić information content (AvgIpc) is 3.08. The van der Waals surface area contributed by atoms with Crippen molar-refractivity contribution in [3.05, 3.63) is 47.5 Å². The smallest absolute Gasteiger partial charge is 0.229 e. The quantitative estimate of drug-likeness (QED) is 0.636. The normalized spacial score (nSPS) is 13.8. The molecule has 0 saturated carbocycles. The van der Waals surface area contributed by atoms with Crippen molar-refractivity contribution in [3.63, 3.8) is 0 Å². The number of hydrogen-bond donors (Lipinski definition) is 0. The molecule has 3 rings (SSSR count). The number of likely N-dealkylation sites (tertiary alicyclic amines) is 1. The van der Waals surface area contributed by atoms with E-state index in [4.69, 9.17) is 18.9 Å². The van der Waals surface area contributed by atoms with Gasteiger partial charge in [-0.05, 0) is 35.4 Å². The van der Waals surface area contributed by atoms with Crippen LogP contribution in [0, 0.1) is 0 Å². The summed E-state index contributed by atoms with van der Waals surface area (Å²) >= 11 is 0. The van der Waals surface area contributed by atoms with Gasteiger partial charge in [-0.1, -0.05) is 12.1 Å². The Morgan fingerprint density at radius 2 is 1.14 bits per heavy atom. The van der Waals surface area contributed by atoms with Gasteiger partial charge >= 0.3 is 0 Å². The number of carbonyl (C=O) groups is 2. The van der Waals surface area contributed by atoms with Gasteiger partial charge in [0.25, 0.3) is 0 Å². The molecule has 29 heavy (non-hydrogen) atoms. The van der Waals surface area contributed by atoms with E-state index in [-0.39, 0.29) is 37.1 Å². The molecule has 0 bridgehead atoms. The van der Waals surface area contributed by atoms with Crippen LogP contribution < -0.4 is 18.9 Å². The van der Waals surface area contributed by atoms with Crippen molar-refractivity contribution in [2.45, 2.75) is 18.8 Å². The first kappa shape index (κ1) is 20.5. The lowest BCUT2D eigenvalue weighted by Gasteiger charge is -2.25. The Balaban J connectivity index is 2.07. The number of carbonyl (C=O) groups excluding carboxylic acids is 2. The molecule has 7 nitrogen and oxygen atoms in total. The summed E-state index contributed by atoms with van der Waals surface area (Å²) in [5.41, 5.74) is 1.78. The van der Waals surface area contributed by atoms with E-state index in [2.05, 4.69) is 0 Å². The molecular formula is C22H25NO6. The average molecular weight is 399 g/mol. The van der Waals surface area contributed by atoms with Gasteiger partial charge in [-0.3, -0.25) is 14.5 Å². The summed E-state index contributed by atoms with van der Waals surface area (Å²) in [7, 11) is 6.29. The second-order valence-electron chi connectivity index (χ2n) is 6.68. The molecule has 0 radical (unpaired) electrons. The van der Waals surface area contributed by atoms with E-state index in [9.17, 15) is 9.59 Å². The molecule has 1 fully saturated rings. The van der Waals surface area contributed by atoms with Gasteiger partial charge in [-0.15, -0.1) is 0 Å². The van der Waals surface area contributed by atoms with E-state index >= 15 is 0 Å². The predicted molar refractivity (Wildman–Crippen MR) is 107 cm³/mol. The van der Waals surface area contributed by atoms with Crippen LogP contribution in [0.3, 0.4) is 0 Å². The van der Waals surface area contributed by atoms with Crippen molar-refractivity contribution in [3.8, 4) is 23.0 Å². The third-order valence-electron chi connectivity index (χ3n) is 5.14. The molecule has 2 amide bonds. The van der Waals surface area contributed by atoms with Gasteiger partial charge in [0.1, 0.15) is 0 Å². The van der Waals surface area contributed by atoms with Crippen LogP contribution in [0.5, 0.6) is 23.0 Å². The first-order valence-corrected chi connectivity index (χ1v) is 9.29. The molecule has 1 aliphatic heterocycles. The molecular weight excluding hydrogens is 374 g/mol. The molecule has 0 atom stereocenters. The van der Waals surface area contributed by atoms with Crippen LogP contribution in [0.4, 0.5) is 0 Å². The van der Waals surface area contributed by atoms with Crippen LogP contribution in [0.15, 0.2) is 36.4 Å². The van der Waals surface area contributed by atoms with Crippen LogP contribution in [0.1, 0.15) is 29.9 Å². The van der Waals surface area contributed by atoms with Gasteiger partial charge in [0.2, 0.25) is 11.8 Å². The van der Waals surface area contributed by atoms with Gasteiger partial charge < -0.3 is 18.9 Å². The van der Waals surface area contributed by atoms with Crippen LogP contribution in [-0.2, 0) is 9.59 Å². The zero-order chi connectivity index (χ0) is 21.0. The fourth-order valence-corrected chi connectivity index (χ4v) is 3.55. The molecule has 7 heteroatoms. The van der Waals surface area contributed by atoms with E-state index in [0.717, 1.165) is 11.1 Å². The van der Waals surface area contributed by atoms with Crippen LogP contribution >= 0.6 is 0 Å². The largest absolute Gasteiger partial charge is 0.493 e. The van der Waals surface area contributed by atoms with Crippen molar-refractivity contribution in [2.24, 2.45) is 0 Å². The Bertz CT molecular complexity index is 839. The maximum absolute atomic E-state index is 12.2. The van der Waals surface area contributed by atoms with Gasteiger partial charge in [-0.2, -0.15) is 0 Å². The highest BCUT2D eigenvalue weighted by atomic mass is 16.5. The van der Waals surface area contributed by atoms with E-state index in [1.807, 2.05) is 36.4 Å². The molecule has 0 aromatic heterocycles. The summed E-state index contributed by atoms with van der Waals surface area (Å²) in [6.45, 7) is 0.239. The SMILES string of the molecule is COc1ccc(C(CN2C(=O)CCC2=O)c2ccc(OC)c(OC)c2)cc1OC. The van der Waals surface area contributed by atoms with Gasteiger partial charge in [0.15, 0.2) is 23.0 Å². The van der Waals surface area contributed by atoms with Gasteiger partial charge in [0, 0.05) is 25.3 Å². The first-order valence-electron chi connectivity index (χ1n) is 9.29. The van der Waals surface area contributed by atoms with Crippen molar-refractivity contribution < 1.29 is 28.5 Å². The van der Waals surface area contributed by atoms with Crippen molar-refractivity contribution >= 4 is 11.8 Å². The Hall–Kier alpha value is -3.22. The van der Waals surface area contributed by atoms with Gasteiger partial charge in [-0.25, -0.2) is 0 Å². The molecule has 0 aliphatic carbocycles. The fraction of sp³-hybridized carbons (Fsp3) is 0.364. The summed E-state index contributed by atoms with van der Waals surface area (Å²) in [5.74, 6) is 1.80. The zero-order valence-corrected chi connectivity index (χ0v) is 17.1. The second-order valence-corrected chi connectivity index (χ2v) is 6.68. The standard InChI is InChI=1S/C22H25NO6/c1-26-17-7-5-14(11-19(17)28-3)16(13-23-21(24)9-10-22(23)25)15-6-8-18(27-2)20(12-15)29-4/h5-8,11-12,16H,9-10,13H2,1-4H3. The van der Waals surface area contributed by atoms with E-state index in [1.54, 1.807) is 28.4 Å². The maximum atomic E-state index is 12.2. The number of nitrogens with zero attached hydrogens (tertiary/aromatic N) is 1. The number of imide groups is 1. The molecule has 2 aromatic carbocycles. The summed E-state index contributed by atoms with van der Waals surface area (Å²) in [6, 6.07) is 11.2. The monoisotopic (exact) mass is 399 g/mol. The Morgan fingerprint density at radius 1 is 0.724 bits per heavy atom. The minimum atomic E-state index is -0.263. The number of amides is 2. The summed E-state index contributed by atoms with van der Waals surface area (Å²) < 4.78 is 21.5. The third-order valence-corrected chi connectivity index (χ3v) is 5.14. The van der Waals surface area contributed by atoms with Gasteiger partial charge in [0.05, 0.1) is 28.4 Å². The van der Waals surface area contributed by atoms with E-state index in [0.29, 0.717) is 23.0 Å². The number of rotatable bonds is 8. The molecule has 1 heterocycles. The molecule has 0 N–H and O–H groups in total. The molecule has 154 valence electrons. The molecule has 0 spiro atoms. The number of benzene rings is 2. The number of hydrogen-bond acceptors (Lipinski definition) is 6. The predicted octanol–water partition coefficient (Wildman–Crippen LogP) is 3.00. The summed E-state index contributed by atoms with van der Waals surface area (Å²) in [6.07, 6.45) is 0.507. The Morgan fingerprint density at radius 3 is 1.52 bits per heavy atom. The first-order chi connectivity index (χ1) is 14.0. The molecule has 1 saturated heterocycles. The summed E-state index contributed by atoms with van der Waals surface area (Å²) in [4.78, 5) is 25.8. The lowest BCUT2D eigenvalue weighted by molar-refractivity contribution is -0.138. The van der Waals surface area contributed by atoms with Crippen LogP contribution in [-0.4, -0.2) is 51.7 Å². The number of methoxy groups -OCH3 is 4. The minimum absolute atomic E-state index is 0.152. The Kier molecular flexibility index (Phi) is 6.26. The van der Waals surface area contributed by atoms with Crippen LogP contribution in [0.2, 0.25) is 0 Å². The van der Waals surface area contributed by atoms with Crippen LogP contribution in [0.25, 0.3) is 0 Å². The fourth-order valence-electron chi connectivity index (χ4n) is 3.55. The van der Waals surface area contributed by atoms with Crippen molar-refractivity contribution in [1.29, 1.82) is 0 Å². The highest BCUT2D eigenvalue weighted by molar-refractivity contribution is 6.02. The number of ether oxygens (including phenoxy) is 4. The van der Waals surface area contributed by atoms with Crippen molar-refractivity contribution in [2.75, 3.05) is 35.0 Å². The molecule has 0 unspecified atom stereocenters. The topological polar surface area (TPSA) is 74.3 Å². The highest BCUT2D eigenvalue weighted by Gasteiger charge is 2.32. The summed E-state index contributed by atoms with van der Waals surface area (Å²) in [5, 5.41) is 0. The maximum Gasteiger partial charge on any atom is 0.229 e. The lowest BCUT2D eigenvalue weighted by Crippen LogP contribution is -2.33. The van der Waals surface area contributed by atoms with Crippen molar-refractivity contribution in [1.82, 2.24) is 4.90 Å². The second kappa shape index (κ2) is 8.86. The molecule has 1 aliphatic rings. The lowest BCUT2D eigenvalue weighted by atomic mass is 9.90. The Labute approximate surface area is 170 Å². The minimum Gasteiger partial charge on any atom is -0.493 e. The third kappa shape index (κ3) is 4.13. The highest BCUT2D eigenvalue weighted by Crippen LogP contribution is 2.37.